The number of aromatic nitrogens is 2. The number of hydrogen-bond donors (Lipinski definition) is 0. The maximum Gasteiger partial charge on any atom is 0.169 e. The second kappa shape index (κ2) is 6.07. The van der Waals surface area contributed by atoms with E-state index in [1.807, 2.05) is 11.6 Å². The number of pyridine rings is 2. The highest BCUT2D eigenvalue weighted by atomic mass is 32.1. The van der Waals surface area contributed by atoms with E-state index in [1.54, 1.807) is 22.7 Å². The molecule has 0 aliphatic heterocycles. The summed E-state index contributed by atoms with van der Waals surface area (Å²) in [5, 5.41) is 4.19. The van der Waals surface area contributed by atoms with Crippen LogP contribution in [0.2, 0.25) is 0 Å². The van der Waals surface area contributed by atoms with Crippen LogP contribution in [0.1, 0.15) is 0 Å². The monoisotopic (exact) mass is 335 g/mol. The van der Waals surface area contributed by atoms with E-state index in [-0.39, 0.29) is 0 Å². The third-order valence-electron chi connectivity index (χ3n) is 3.68. The van der Waals surface area contributed by atoms with Crippen LogP contribution in [0.25, 0.3) is 32.3 Å². The Morgan fingerprint density at radius 1 is 0.783 bits per heavy atom. The largest absolute Gasteiger partial charge is 0.246 e. The minimum Gasteiger partial charge on any atom is -0.246 e. The predicted molar refractivity (Wildman–Crippen MR) is 97.5 cm³/mol. The Balaban J connectivity index is 1.89. The van der Waals surface area contributed by atoms with E-state index in [0.717, 1.165) is 11.4 Å². The summed E-state index contributed by atoms with van der Waals surface area (Å²) in [7, 11) is 2.03. The van der Waals surface area contributed by atoms with E-state index in [1.165, 1.54) is 20.9 Å². The first kappa shape index (κ1) is 14.3. The molecule has 4 aromatic heterocycles. The molecule has 0 amide bonds. The Bertz CT molecular complexity index is 856. The summed E-state index contributed by atoms with van der Waals surface area (Å²) >= 11 is 3.45. The predicted octanol–water partition coefficient (Wildman–Crippen LogP) is 5.03. The molecule has 4 aromatic rings. The van der Waals surface area contributed by atoms with Gasteiger partial charge in [0.05, 0.1) is 21.1 Å². The van der Waals surface area contributed by atoms with Crippen molar-refractivity contribution in [2.45, 2.75) is 0 Å². The van der Waals surface area contributed by atoms with Crippen LogP contribution in [0.3, 0.4) is 0 Å². The number of aryl methyl sites for hydroxylation is 1. The summed E-state index contributed by atoms with van der Waals surface area (Å²) in [5.74, 6) is 0. The Morgan fingerprint density at radius 2 is 1.35 bits per heavy atom. The first-order valence-corrected chi connectivity index (χ1v) is 9.11. The molecule has 0 radical (unpaired) electrons. The smallest absolute Gasteiger partial charge is 0.169 e. The highest BCUT2D eigenvalue weighted by molar-refractivity contribution is 7.13. The van der Waals surface area contributed by atoms with Gasteiger partial charge in [-0.1, -0.05) is 12.1 Å². The fraction of sp³-hybridized carbons (Fsp3) is 0.0526. The lowest BCUT2D eigenvalue weighted by molar-refractivity contribution is -0.671. The highest BCUT2D eigenvalue weighted by Gasteiger charge is 2.10. The van der Waals surface area contributed by atoms with E-state index in [0.29, 0.717) is 0 Å². The second-order valence-electron chi connectivity index (χ2n) is 5.33. The molecule has 2 nitrogen and oxygen atoms in total. The van der Waals surface area contributed by atoms with Gasteiger partial charge in [-0.15, -0.1) is 22.7 Å². The number of thiophene rings is 2. The molecular weight excluding hydrogens is 320 g/mol. The molecule has 0 aliphatic rings. The third kappa shape index (κ3) is 2.96. The Kier molecular flexibility index (Phi) is 3.77. The second-order valence-corrected chi connectivity index (χ2v) is 7.23. The van der Waals surface area contributed by atoms with Gasteiger partial charge in [0.2, 0.25) is 0 Å². The fourth-order valence-electron chi connectivity index (χ4n) is 2.49. The van der Waals surface area contributed by atoms with Gasteiger partial charge in [-0.05, 0) is 46.2 Å². The van der Waals surface area contributed by atoms with Gasteiger partial charge < -0.3 is 0 Å². The van der Waals surface area contributed by atoms with Crippen LogP contribution in [-0.4, -0.2) is 4.98 Å². The molecule has 0 aliphatic carbocycles. The van der Waals surface area contributed by atoms with Gasteiger partial charge in [-0.25, -0.2) is 9.55 Å². The normalized spacial score (nSPS) is 10.8. The molecule has 0 unspecified atom stereocenters. The molecule has 23 heavy (non-hydrogen) atoms. The molecular formula is C19H15N2S2+. The van der Waals surface area contributed by atoms with Gasteiger partial charge in [-0.2, -0.15) is 0 Å². The van der Waals surface area contributed by atoms with Crippen molar-refractivity contribution in [3.8, 4) is 32.3 Å². The molecule has 0 aromatic carbocycles. The standard InChI is InChI=1S/C19H15N2S2/c1-21-8-6-14(7-9-21)15-12-16(18-4-2-10-22-18)20-17(13-15)19-5-3-11-23-19/h2-13H,1H3/q+1. The minimum atomic E-state index is 1.04. The lowest BCUT2D eigenvalue weighted by Gasteiger charge is -2.07. The molecule has 4 heteroatoms. The molecule has 0 saturated carbocycles. The van der Waals surface area contributed by atoms with Crippen LogP contribution >= 0.6 is 22.7 Å². The molecule has 0 fully saturated rings. The van der Waals surface area contributed by atoms with E-state index in [9.17, 15) is 0 Å². The molecule has 0 spiro atoms. The van der Waals surface area contributed by atoms with Crippen molar-refractivity contribution in [3.05, 3.63) is 71.7 Å². The zero-order chi connectivity index (χ0) is 15.6. The molecule has 4 rings (SSSR count). The van der Waals surface area contributed by atoms with Crippen molar-refractivity contribution < 1.29 is 4.57 Å². The van der Waals surface area contributed by atoms with Crippen LogP contribution in [-0.2, 0) is 7.05 Å². The van der Waals surface area contributed by atoms with Gasteiger partial charge in [0.1, 0.15) is 7.05 Å². The van der Waals surface area contributed by atoms with Crippen LogP contribution in [0.15, 0.2) is 71.7 Å². The fourth-order valence-corrected chi connectivity index (χ4v) is 3.86. The summed E-state index contributed by atoms with van der Waals surface area (Å²) < 4.78 is 2.05. The molecule has 0 atom stereocenters. The van der Waals surface area contributed by atoms with Gasteiger partial charge in [0, 0.05) is 12.1 Å². The van der Waals surface area contributed by atoms with Crippen LogP contribution in [0.5, 0.6) is 0 Å². The van der Waals surface area contributed by atoms with Crippen LogP contribution < -0.4 is 4.57 Å². The number of nitrogens with zero attached hydrogens (tertiary/aromatic N) is 2. The van der Waals surface area contributed by atoms with Crippen molar-refractivity contribution in [1.29, 1.82) is 0 Å². The minimum absolute atomic E-state index is 1.04. The average molecular weight is 335 g/mol. The third-order valence-corrected chi connectivity index (χ3v) is 5.47. The van der Waals surface area contributed by atoms with Gasteiger partial charge in [0.15, 0.2) is 12.4 Å². The summed E-state index contributed by atoms with van der Waals surface area (Å²) in [6.45, 7) is 0. The van der Waals surface area contributed by atoms with E-state index in [4.69, 9.17) is 4.98 Å². The van der Waals surface area contributed by atoms with Crippen LogP contribution in [0, 0.1) is 0 Å². The van der Waals surface area contributed by atoms with Crippen molar-refractivity contribution in [2.24, 2.45) is 7.05 Å². The SMILES string of the molecule is C[n+]1ccc(-c2cc(-c3cccs3)nc(-c3cccs3)c2)cc1. The maximum atomic E-state index is 4.88. The highest BCUT2D eigenvalue weighted by Crippen LogP contribution is 2.33. The van der Waals surface area contributed by atoms with Crippen molar-refractivity contribution in [1.82, 2.24) is 4.98 Å². The van der Waals surface area contributed by atoms with Crippen molar-refractivity contribution in [2.75, 3.05) is 0 Å². The van der Waals surface area contributed by atoms with E-state index < -0.39 is 0 Å². The quantitative estimate of drug-likeness (QED) is 0.480. The summed E-state index contributed by atoms with van der Waals surface area (Å²) in [4.78, 5) is 7.28. The van der Waals surface area contributed by atoms with E-state index >= 15 is 0 Å². The van der Waals surface area contributed by atoms with Gasteiger partial charge in [-0.3, -0.25) is 0 Å². The summed E-state index contributed by atoms with van der Waals surface area (Å²) in [6, 6.07) is 17.0. The summed E-state index contributed by atoms with van der Waals surface area (Å²) in [5.41, 5.74) is 4.48. The van der Waals surface area contributed by atoms with Crippen LogP contribution in [0.4, 0.5) is 0 Å². The number of hydrogen-bond acceptors (Lipinski definition) is 3. The first-order chi connectivity index (χ1) is 11.3. The molecule has 4 heterocycles. The molecule has 0 saturated heterocycles. The maximum absolute atomic E-state index is 4.88. The van der Waals surface area contributed by atoms with Gasteiger partial charge >= 0.3 is 0 Å². The van der Waals surface area contributed by atoms with E-state index in [2.05, 4.69) is 71.7 Å². The lowest BCUT2D eigenvalue weighted by Crippen LogP contribution is -2.25. The Labute approximate surface area is 143 Å². The molecule has 112 valence electrons. The Morgan fingerprint density at radius 3 is 1.83 bits per heavy atom. The zero-order valence-corrected chi connectivity index (χ0v) is 14.3. The Hall–Kier alpha value is -2.30. The number of rotatable bonds is 3. The lowest BCUT2D eigenvalue weighted by atomic mass is 10.0. The summed E-state index contributed by atoms with van der Waals surface area (Å²) in [6.07, 6.45) is 4.15. The topological polar surface area (TPSA) is 16.8 Å². The van der Waals surface area contributed by atoms with Crippen molar-refractivity contribution >= 4 is 22.7 Å². The zero-order valence-electron chi connectivity index (χ0n) is 12.6. The average Bonchev–Trinajstić information content (AvgIpc) is 3.29. The first-order valence-electron chi connectivity index (χ1n) is 7.35. The van der Waals surface area contributed by atoms with Crippen molar-refractivity contribution in [3.63, 3.8) is 0 Å². The molecule has 0 N–H and O–H groups in total. The molecule has 0 bridgehead atoms. The van der Waals surface area contributed by atoms with Gasteiger partial charge in [0.25, 0.3) is 0 Å².